The molecule has 178 valence electrons. The van der Waals surface area contributed by atoms with Gasteiger partial charge in [0.15, 0.2) is 5.65 Å². The molecule has 0 aliphatic heterocycles. The summed E-state index contributed by atoms with van der Waals surface area (Å²) in [6.45, 7) is 0. The van der Waals surface area contributed by atoms with E-state index in [1.807, 2.05) is 36.7 Å². The number of benzene rings is 3. The number of fused-ring (bicyclic) bond motifs is 6. The van der Waals surface area contributed by atoms with Crippen molar-refractivity contribution in [2.45, 2.75) is 0 Å². The molecule has 0 N–H and O–H groups in total. The molecule has 5 nitrogen and oxygen atoms in total. The first-order valence-corrected chi connectivity index (χ1v) is 12.6. The summed E-state index contributed by atoms with van der Waals surface area (Å²) in [6, 6.07) is 39.8. The maximum absolute atomic E-state index is 5.35. The molecule has 0 unspecified atom stereocenters. The van der Waals surface area contributed by atoms with E-state index >= 15 is 0 Å². The van der Waals surface area contributed by atoms with Gasteiger partial charge in [-0.1, -0.05) is 66.7 Å². The van der Waals surface area contributed by atoms with E-state index in [2.05, 4.69) is 100 Å². The molecular weight excluding hydrogens is 466 g/mol. The highest BCUT2D eigenvalue weighted by molar-refractivity contribution is 6.15. The summed E-state index contributed by atoms with van der Waals surface area (Å²) in [6.07, 6.45) is 3.71. The normalized spacial score (nSPS) is 11.7. The van der Waals surface area contributed by atoms with Gasteiger partial charge in [0.25, 0.3) is 0 Å². The van der Waals surface area contributed by atoms with Crippen molar-refractivity contribution in [1.29, 1.82) is 0 Å². The lowest BCUT2D eigenvalue weighted by Crippen LogP contribution is -2.00. The molecule has 0 atom stereocenters. The van der Waals surface area contributed by atoms with Crippen LogP contribution in [0.2, 0.25) is 0 Å². The maximum Gasteiger partial charge on any atom is 0.150 e. The highest BCUT2D eigenvalue weighted by Crippen LogP contribution is 2.37. The second-order valence-electron chi connectivity index (χ2n) is 9.39. The molecule has 38 heavy (non-hydrogen) atoms. The lowest BCUT2D eigenvalue weighted by Gasteiger charge is -2.09. The van der Waals surface area contributed by atoms with Crippen LogP contribution in [0, 0.1) is 0 Å². The van der Waals surface area contributed by atoms with E-state index in [4.69, 9.17) is 15.0 Å². The number of rotatable bonds is 3. The Balaban J connectivity index is 1.50. The summed E-state index contributed by atoms with van der Waals surface area (Å²) in [7, 11) is 0. The minimum Gasteiger partial charge on any atom is -0.294 e. The molecule has 3 aromatic carbocycles. The summed E-state index contributed by atoms with van der Waals surface area (Å²) in [5.41, 5.74) is 8.11. The highest BCUT2D eigenvalue weighted by Gasteiger charge is 2.20. The van der Waals surface area contributed by atoms with Gasteiger partial charge in [-0.2, -0.15) is 0 Å². The van der Waals surface area contributed by atoms with E-state index in [0.717, 1.165) is 61.2 Å². The monoisotopic (exact) mass is 487 g/mol. The van der Waals surface area contributed by atoms with E-state index in [1.165, 1.54) is 5.39 Å². The van der Waals surface area contributed by atoms with Crippen LogP contribution in [0.15, 0.2) is 128 Å². The minimum absolute atomic E-state index is 0.813. The smallest absolute Gasteiger partial charge is 0.150 e. The zero-order valence-electron chi connectivity index (χ0n) is 20.4. The molecule has 5 aromatic heterocycles. The number of aromatic nitrogens is 5. The van der Waals surface area contributed by atoms with Gasteiger partial charge in [0.1, 0.15) is 11.5 Å². The van der Waals surface area contributed by atoms with Crippen molar-refractivity contribution in [3.63, 3.8) is 0 Å². The Labute approximate surface area is 218 Å². The van der Waals surface area contributed by atoms with E-state index < -0.39 is 0 Å². The van der Waals surface area contributed by atoms with Crippen LogP contribution < -0.4 is 0 Å². The molecule has 0 amide bonds. The molecule has 0 aliphatic rings. The number of hydrogen-bond acceptors (Lipinski definition) is 3. The predicted molar refractivity (Wildman–Crippen MR) is 154 cm³/mol. The fraction of sp³-hybridized carbons (Fsp3) is 0. The third-order valence-corrected chi connectivity index (χ3v) is 7.22. The number of hydrogen-bond donors (Lipinski definition) is 0. The lowest BCUT2D eigenvalue weighted by molar-refractivity contribution is 1.05. The van der Waals surface area contributed by atoms with Gasteiger partial charge in [0, 0.05) is 34.2 Å². The molecule has 8 rings (SSSR count). The van der Waals surface area contributed by atoms with Gasteiger partial charge in [0.2, 0.25) is 0 Å². The molecule has 5 heteroatoms. The van der Waals surface area contributed by atoms with Crippen LogP contribution in [0.5, 0.6) is 0 Å². The van der Waals surface area contributed by atoms with Crippen molar-refractivity contribution < 1.29 is 0 Å². The second-order valence-corrected chi connectivity index (χ2v) is 9.39. The van der Waals surface area contributed by atoms with Crippen LogP contribution in [-0.4, -0.2) is 24.1 Å². The Kier molecular flexibility index (Phi) is 4.45. The van der Waals surface area contributed by atoms with Crippen LogP contribution in [0.4, 0.5) is 0 Å². The Hall–Kier alpha value is -5.29. The SMILES string of the molecule is c1ccc(-c2ccnc(-n3c4cccnc4c4cc5c6ccccc6n(-c6ccccc6)c5nc43)c2)cc1. The zero-order chi connectivity index (χ0) is 25.1. The molecule has 8 aromatic rings. The van der Waals surface area contributed by atoms with Crippen LogP contribution in [0.3, 0.4) is 0 Å². The van der Waals surface area contributed by atoms with E-state index in [9.17, 15) is 0 Å². The van der Waals surface area contributed by atoms with Crippen molar-refractivity contribution in [3.8, 4) is 22.6 Å². The van der Waals surface area contributed by atoms with Crippen LogP contribution >= 0.6 is 0 Å². The van der Waals surface area contributed by atoms with Gasteiger partial charge in [-0.15, -0.1) is 0 Å². The fourth-order valence-corrected chi connectivity index (χ4v) is 5.54. The van der Waals surface area contributed by atoms with Crippen LogP contribution in [-0.2, 0) is 0 Å². The van der Waals surface area contributed by atoms with Crippen molar-refractivity contribution in [2.75, 3.05) is 0 Å². The Bertz CT molecular complexity index is 2120. The van der Waals surface area contributed by atoms with Gasteiger partial charge in [-0.25, -0.2) is 9.97 Å². The number of para-hydroxylation sites is 2. The summed E-state index contributed by atoms with van der Waals surface area (Å²) in [5.74, 6) is 0.813. The maximum atomic E-state index is 5.35. The van der Waals surface area contributed by atoms with Gasteiger partial charge in [-0.05, 0) is 59.7 Å². The molecule has 0 bridgehead atoms. The van der Waals surface area contributed by atoms with Crippen molar-refractivity contribution in [2.24, 2.45) is 0 Å². The summed E-state index contributed by atoms with van der Waals surface area (Å²) in [5, 5.41) is 3.28. The highest BCUT2D eigenvalue weighted by atomic mass is 15.1. The molecule has 5 heterocycles. The number of pyridine rings is 3. The second kappa shape index (κ2) is 8.11. The third-order valence-electron chi connectivity index (χ3n) is 7.22. The minimum atomic E-state index is 0.813. The van der Waals surface area contributed by atoms with Crippen LogP contribution in [0.1, 0.15) is 0 Å². The van der Waals surface area contributed by atoms with Crippen LogP contribution in [0.25, 0.3) is 66.6 Å². The summed E-state index contributed by atoms with van der Waals surface area (Å²) >= 11 is 0. The molecule has 0 fully saturated rings. The standard InChI is InChI=1S/C33H21N5/c1-3-10-22(11-4-1)23-17-19-34-30(20-23)38-29-16-9-18-35-31(29)27-21-26-25-14-7-8-15-28(25)37(32(26)36-33(27)38)24-12-5-2-6-13-24/h1-21H. The topological polar surface area (TPSA) is 48.5 Å². The molecular formula is C33H21N5. The lowest BCUT2D eigenvalue weighted by atomic mass is 10.1. The van der Waals surface area contributed by atoms with E-state index in [0.29, 0.717) is 0 Å². The average Bonchev–Trinajstić information content (AvgIpc) is 3.49. The zero-order valence-corrected chi connectivity index (χ0v) is 20.4. The summed E-state index contributed by atoms with van der Waals surface area (Å²) in [4.78, 5) is 14.9. The van der Waals surface area contributed by atoms with Gasteiger partial charge < -0.3 is 0 Å². The quantitative estimate of drug-likeness (QED) is 0.256. The van der Waals surface area contributed by atoms with Gasteiger partial charge in [-0.3, -0.25) is 14.1 Å². The van der Waals surface area contributed by atoms with Gasteiger partial charge >= 0.3 is 0 Å². The average molecular weight is 488 g/mol. The van der Waals surface area contributed by atoms with E-state index in [1.54, 1.807) is 0 Å². The molecule has 0 radical (unpaired) electrons. The summed E-state index contributed by atoms with van der Waals surface area (Å²) < 4.78 is 4.38. The van der Waals surface area contributed by atoms with Crippen molar-refractivity contribution in [3.05, 3.63) is 128 Å². The molecule has 0 saturated heterocycles. The Morgan fingerprint density at radius 3 is 2.08 bits per heavy atom. The predicted octanol–water partition coefficient (Wildman–Crippen LogP) is 7.73. The van der Waals surface area contributed by atoms with E-state index in [-0.39, 0.29) is 0 Å². The first-order valence-electron chi connectivity index (χ1n) is 12.6. The molecule has 0 spiro atoms. The third kappa shape index (κ3) is 3.02. The Morgan fingerprint density at radius 2 is 1.21 bits per heavy atom. The molecule has 0 aliphatic carbocycles. The first-order chi connectivity index (χ1) is 18.9. The van der Waals surface area contributed by atoms with Crippen molar-refractivity contribution in [1.82, 2.24) is 24.1 Å². The largest absolute Gasteiger partial charge is 0.294 e. The number of nitrogens with zero attached hydrogens (tertiary/aromatic N) is 5. The van der Waals surface area contributed by atoms with Crippen molar-refractivity contribution >= 4 is 44.0 Å². The van der Waals surface area contributed by atoms with Gasteiger partial charge in [0.05, 0.1) is 16.6 Å². The molecule has 0 saturated carbocycles. The Morgan fingerprint density at radius 1 is 0.474 bits per heavy atom. The first kappa shape index (κ1) is 20.9. The fourth-order valence-electron chi connectivity index (χ4n) is 5.54.